The van der Waals surface area contributed by atoms with Gasteiger partial charge in [-0.1, -0.05) is 30.8 Å². The Kier molecular flexibility index (Phi) is 6.51. The van der Waals surface area contributed by atoms with Crippen molar-refractivity contribution in [1.82, 2.24) is 34.5 Å². The summed E-state index contributed by atoms with van der Waals surface area (Å²) in [7, 11) is 2.11. The first-order valence-electron chi connectivity index (χ1n) is 12.7. The van der Waals surface area contributed by atoms with E-state index in [0.29, 0.717) is 22.6 Å². The van der Waals surface area contributed by atoms with Crippen LogP contribution in [-0.4, -0.2) is 65.6 Å². The van der Waals surface area contributed by atoms with Gasteiger partial charge in [-0.2, -0.15) is 9.50 Å². The van der Waals surface area contributed by atoms with Gasteiger partial charge in [0.25, 0.3) is 11.5 Å². The predicted octanol–water partition coefficient (Wildman–Crippen LogP) is 4.26. The average molecular weight is 545 g/mol. The highest BCUT2D eigenvalue weighted by atomic mass is 32.2. The second kappa shape index (κ2) is 10.1. The minimum atomic E-state index is -0.395. The molecule has 13 heteroatoms. The van der Waals surface area contributed by atoms with Crippen LogP contribution in [0.15, 0.2) is 54.1 Å². The van der Waals surface area contributed by atoms with Crippen molar-refractivity contribution in [1.29, 1.82) is 0 Å². The summed E-state index contributed by atoms with van der Waals surface area (Å²) in [6.07, 6.45) is 4.53. The molecule has 6 rings (SSSR count). The number of piperidine rings is 1. The summed E-state index contributed by atoms with van der Waals surface area (Å²) in [5.74, 6) is 3.51. The van der Waals surface area contributed by atoms with E-state index >= 15 is 0 Å². The van der Waals surface area contributed by atoms with Crippen LogP contribution in [0.1, 0.15) is 24.6 Å². The van der Waals surface area contributed by atoms with E-state index in [1.54, 1.807) is 18.5 Å². The Morgan fingerprint density at radius 1 is 1.21 bits per heavy atom. The van der Waals surface area contributed by atoms with Crippen molar-refractivity contribution >= 4 is 45.9 Å². The highest BCUT2D eigenvalue weighted by Crippen LogP contribution is 2.31. The number of fused-ring (bicyclic) bond motifs is 2. The van der Waals surface area contributed by atoms with E-state index in [1.807, 2.05) is 23.7 Å². The predicted molar refractivity (Wildman–Crippen MR) is 150 cm³/mol. The van der Waals surface area contributed by atoms with Crippen molar-refractivity contribution in [2.24, 2.45) is 5.92 Å². The largest absolute Gasteiger partial charge is 0.354 e. The summed E-state index contributed by atoms with van der Waals surface area (Å²) in [6.45, 7) is 5.97. The maximum Gasteiger partial charge on any atom is 0.269 e. The van der Waals surface area contributed by atoms with Crippen LogP contribution in [0, 0.1) is 23.0 Å². The molecule has 39 heavy (non-hydrogen) atoms. The number of aryl methyl sites for hydroxylation is 1. The van der Waals surface area contributed by atoms with Gasteiger partial charge in [-0.25, -0.2) is 15.0 Å². The molecule has 0 unspecified atom stereocenters. The van der Waals surface area contributed by atoms with Crippen molar-refractivity contribution < 1.29 is 4.92 Å². The molecule has 1 aliphatic heterocycles. The zero-order valence-electron chi connectivity index (χ0n) is 21.9. The number of benzene rings is 1. The van der Waals surface area contributed by atoms with Gasteiger partial charge in [0.15, 0.2) is 0 Å². The fourth-order valence-electron chi connectivity index (χ4n) is 5.16. The number of hydrogen-bond donors (Lipinski definition) is 1. The summed E-state index contributed by atoms with van der Waals surface area (Å²) in [5.41, 5.74) is 2.76. The van der Waals surface area contributed by atoms with Crippen LogP contribution < -0.4 is 9.80 Å². The second-order valence-electron chi connectivity index (χ2n) is 9.90. The van der Waals surface area contributed by atoms with Gasteiger partial charge in [0.1, 0.15) is 23.6 Å². The van der Waals surface area contributed by atoms with Gasteiger partial charge < -0.3 is 14.8 Å². The second-order valence-corrected chi connectivity index (χ2v) is 10.8. The molecule has 12 nitrogen and oxygen atoms in total. The minimum Gasteiger partial charge on any atom is -0.354 e. The Hall–Kier alpha value is -4.26. The van der Waals surface area contributed by atoms with Crippen molar-refractivity contribution in [3.63, 3.8) is 0 Å². The van der Waals surface area contributed by atoms with Crippen LogP contribution in [-0.2, 0) is 5.75 Å². The molecular weight excluding hydrogens is 516 g/mol. The smallest absolute Gasteiger partial charge is 0.269 e. The molecule has 2 atom stereocenters. The van der Waals surface area contributed by atoms with E-state index < -0.39 is 4.92 Å². The topological polar surface area (TPSA) is 134 Å². The number of likely N-dealkylation sites (N-methyl/N-ethyl adjacent to an activating group) is 1. The average Bonchev–Trinajstić information content (AvgIpc) is 3.58. The van der Waals surface area contributed by atoms with Gasteiger partial charge in [0.05, 0.1) is 16.4 Å². The van der Waals surface area contributed by atoms with Crippen LogP contribution in [0.25, 0.3) is 16.8 Å². The molecule has 1 fully saturated rings. The molecule has 5 aromatic rings. The zero-order valence-corrected chi connectivity index (χ0v) is 22.7. The quantitative estimate of drug-likeness (QED) is 0.180. The number of rotatable bonds is 7. The Morgan fingerprint density at radius 2 is 2.03 bits per heavy atom. The molecule has 0 aliphatic carbocycles. The lowest BCUT2D eigenvalue weighted by molar-refractivity contribution is -0.384. The summed E-state index contributed by atoms with van der Waals surface area (Å²) < 4.78 is 1.83. The molecule has 0 radical (unpaired) electrons. The number of nitrogens with zero attached hydrogens (tertiary/aromatic N) is 9. The van der Waals surface area contributed by atoms with E-state index in [0.717, 1.165) is 53.4 Å². The Bertz CT molecular complexity index is 1650. The third-order valence-electron chi connectivity index (χ3n) is 7.32. The summed E-state index contributed by atoms with van der Waals surface area (Å²) in [6, 6.07) is 10.9. The van der Waals surface area contributed by atoms with E-state index in [4.69, 9.17) is 5.10 Å². The Morgan fingerprint density at radius 3 is 2.82 bits per heavy atom. The fourth-order valence-corrected chi connectivity index (χ4v) is 5.93. The molecule has 0 amide bonds. The first kappa shape index (κ1) is 25.0. The first-order valence-corrected chi connectivity index (χ1v) is 13.7. The number of aromatic amines is 1. The van der Waals surface area contributed by atoms with E-state index in [1.165, 1.54) is 23.9 Å². The number of anilines is 2. The molecule has 0 bridgehead atoms. The van der Waals surface area contributed by atoms with Gasteiger partial charge in [-0.05, 0) is 30.9 Å². The third kappa shape index (κ3) is 4.85. The van der Waals surface area contributed by atoms with Gasteiger partial charge in [-0.15, -0.1) is 5.10 Å². The number of hydrogen-bond acceptors (Lipinski definition) is 10. The lowest BCUT2D eigenvalue weighted by Crippen LogP contribution is -2.51. The number of non-ortho nitro benzene ring substituents is 1. The summed E-state index contributed by atoms with van der Waals surface area (Å²) >= 11 is 1.48. The first-order chi connectivity index (χ1) is 18.9. The molecule has 1 N–H and O–H groups in total. The molecule has 1 aromatic carbocycles. The highest BCUT2D eigenvalue weighted by Gasteiger charge is 2.32. The number of H-pyrrole nitrogens is 1. The molecule has 5 heterocycles. The highest BCUT2D eigenvalue weighted by molar-refractivity contribution is 7.98. The SMILES string of the molecule is Cc1cc(N2CC[C@@H](C)[C@@H](N(C)c3ncnc4[nH]ccc34)C2)n2nc(SCc3ccc([N+](=O)[O-])cc3)nc2n1. The van der Waals surface area contributed by atoms with Crippen LogP contribution in [0.4, 0.5) is 17.3 Å². The Balaban J connectivity index is 1.25. The molecular formula is C26H28N10O2S. The van der Waals surface area contributed by atoms with Crippen LogP contribution in [0.5, 0.6) is 0 Å². The van der Waals surface area contributed by atoms with Crippen LogP contribution in [0.2, 0.25) is 0 Å². The number of nitrogens with one attached hydrogen (secondary N) is 1. The standard InChI is InChI=1S/C26H28N10O2S/c1-16-9-11-34(13-21(16)33(3)24-20-8-10-27-23(20)28-15-29-24)22-12-17(2)30-25-31-26(32-35(22)25)39-14-18-4-6-19(7-5-18)36(37)38/h4-8,10,12,15-16,21H,9,11,13-14H2,1-3H3,(H,27,28,29)/t16-,21+/m1/s1. The lowest BCUT2D eigenvalue weighted by Gasteiger charge is -2.43. The monoisotopic (exact) mass is 544 g/mol. The van der Waals surface area contributed by atoms with Crippen molar-refractivity contribution in [3.8, 4) is 0 Å². The van der Waals surface area contributed by atoms with Gasteiger partial charge >= 0.3 is 0 Å². The maximum atomic E-state index is 10.9. The van der Waals surface area contributed by atoms with E-state index in [-0.39, 0.29) is 11.7 Å². The van der Waals surface area contributed by atoms with Crippen LogP contribution >= 0.6 is 11.8 Å². The molecule has 0 spiro atoms. The van der Waals surface area contributed by atoms with E-state index in [2.05, 4.69) is 54.8 Å². The van der Waals surface area contributed by atoms with Gasteiger partial charge in [-0.3, -0.25) is 10.1 Å². The fraction of sp³-hybridized carbons (Fsp3) is 0.346. The van der Waals surface area contributed by atoms with Crippen molar-refractivity contribution in [3.05, 3.63) is 70.3 Å². The molecule has 0 saturated carbocycles. The number of nitro groups is 1. The number of aromatic nitrogens is 7. The van der Waals surface area contributed by atoms with Crippen molar-refractivity contribution in [2.45, 2.75) is 37.2 Å². The minimum absolute atomic E-state index is 0.0796. The molecule has 200 valence electrons. The summed E-state index contributed by atoms with van der Waals surface area (Å²) in [5, 5.41) is 17.3. The molecule has 1 aliphatic rings. The third-order valence-corrected chi connectivity index (χ3v) is 8.23. The Labute approximate surface area is 228 Å². The maximum absolute atomic E-state index is 10.9. The number of thioether (sulfide) groups is 1. The molecule has 4 aromatic heterocycles. The molecule has 1 saturated heterocycles. The van der Waals surface area contributed by atoms with E-state index in [9.17, 15) is 10.1 Å². The lowest BCUT2D eigenvalue weighted by atomic mass is 9.92. The zero-order chi connectivity index (χ0) is 27.1. The summed E-state index contributed by atoms with van der Waals surface area (Å²) in [4.78, 5) is 36.6. The van der Waals surface area contributed by atoms with Gasteiger partial charge in [0, 0.05) is 56.0 Å². The normalized spacial score (nSPS) is 17.7. The van der Waals surface area contributed by atoms with Crippen molar-refractivity contribution in [2.75, 3.05) is 29.9 Å². The number of nitro benzene ring substituents is 1. The van der Waals surface area contributed by atoms with Gasteiger partial charge in [0.2, 0.25) is 5.16 Å². The van der Waals surface area contributed by atoms with Crippen LogP contribution in [0.3, 0.4) is 0 Å².